The van der Waals surface area contributed by atoms with Crippen molar-refractivity contribution in [2.45, 2.75) is 76.5 Å². The summed E-state index contributed by atoms with van der Waals surface area (Å²) < 4.78 is 28.5. The minimum Gasteiger partial charge on any atom is -0.497 e. The molecule has 0 aliphatic heterocycles. The first-order valence-electron chi connectivity index (χ1n) is 19.4. The lowest BCUT2D eigenvalue weighted by atomic mass is 9.85. The maximum absolute atomic E-state index is 13.9. The van der Waals surface area contributed by atoms with Gasteiger partial charge in [-0.3, -0.25) is 9.59 Å². The molecule has 1 N–H and O–H groups in total. The number of nitrogens with one attached hydrogen (secondary N) is 1. The summed E-state index contributed by atoms with van der Waals surface area (Å²) in [5, 5.41) is 3.00. The third-order valence-corrected chi connectivity index (χ3v) is 11.4. The van der Waals surface area contributed by atoms with E-state index in [1.54, 1.807) is 39.5 Å². The average molecular weight is 748 g/mol. The standard InChI is InChI=1S/C46H53NO8/c1-30(45(49)47-41(25-31-13-6-5-7-14-31)46(50)55-28-34-23-24-35(51-2)27-42(34)52-3)44(53-4)33-16-12-15-32(21-22-33)26-43(48)54-29-40-38-19-10-8-17-36(38)37-18-9-11-20-39(37)40/h5-11,13-14,17-20,23-24,27,30,32-33,40-41,44H,12,15-16,21-22,25-26,28-29H2,1-4H3,(H,47,49)/t30-,32?,33-,41+,44-/m1/s1. The summed E-state index contributed by atoms with van der Waals surface area (Å²) in [6.45, 7) is 2.16. The van der Waals surface area contributed by atoms with Crippen molar-refractivity contribution in [3.8, 4) is 22.6 Å². The van der Waals surface area contributed by atoms with Crippen molar-refractivity contribution < 1.29 is 38.1 Å². The summed E-state index contributed by atoms with van der Waals surface area (Å²) in [4.78, 5) is 40.6. The van der Waals surface area contributed by atoms with Gasteiger partial charge in [0.05, 0.1) is 26.2 Å². The van der Waals surface area contributed by atoms with Crippen LogP contribution in [-0.4, -0.2) is 57.9 Å². The number of carbonyl (C=O) groups is 3. The molecule has 4 aromatic carbocycles. The van der Waals surface area contributed by atoms with Gasteiger partial charge in [-0.05, 0) is 77.5 Å². The van der Waals surface area contributed by atoms with E-state index in [1.165, 1.54) is 22.3 Å². The highest BCUT2D eigenvalue weighted by atomic mass is 16.5. The minimum absolute atomic E-state index is 0.0251. The largest absolute Gasteiger partial charge is 0.497 e. The Hall–Kier alpha value is -5.15. The van der Waals surface area contributed by atoms with Gasteiger partial charge in [0.15, 0.2) is 0 Å². The fourth-order valence-electron chi connectivity index (χ4n) is 8.37. The van der Waals surface area contributed by atoms with Gasteiger partial charge in [0, 0.05) is 37.5 Å². The number of carbonyl (C=O) groups excluding carboxylic acids is 3. The van der Waals surface area contributed by atoms with Crippen LogP contribution >= 0.6 is 0 Å². The summed E-state index contributed by atoms with van der Waals surface area (Å²) >= 11 is 0. The van der Waals surface area contributed by atoms with Gasteiger partial charge < -0.3 is 29.0 Å². The highest BCUT2D eigenvalue weighted by Crippen LogP contribution is 2.44. The molecule has 1 amide bonds. The maximum atomic E-state index is 13.9. The number of ether oxygens (including phenoxy) is 5. The third-order valence-electron chi connectivity index (χ3n) is 11.4. The van der Waals surface area contributed by atoms with E-state index in [-0.39, 0.29) is 48.8 Å². The number of amides is 1. The number of fused-ring (bicyclic) bond motifs is 3. The Bertz CT molecular complexity index is 1870. The van der Waals surface area contributed by atoms with Crippen molar-refractivity contribution in [1.29, 1.82) is 0 Å². The fraction of sp³-hybridized carbons (Fsp3) is 0.413. The lowest BCUT2D eigenvalue weighted by molar-refractivity contribution is -0.150. The smallest absolute Gasteiger partial charge is 0.329 e. The first-order valence-corrected chi connectivity index (χ1v) is 19.4. The predicted molar refractivity (Wildman–Crippen MR) is 211 cm³/mol. The van der Waals surface area contributed by atoms with Gasteiger partial charge in [0.1, 0.15) is 30.8 Å². The Morgan fingerprint density at radius 2 is 1.45 bits per heavy atom. The lowest BCUT2D eigenvalue weighted by Gasteiger charge is -2.30. The molecule has 0 saturated heterocycles. The summed E-state index contributed by atoms with van der Waals surface area (Å²) in [6.07, 6.45) is 4.71. The minimum atomic E-state index is -0.908. The van der Waals surface area contributed by atoms with Crippen molar-refractivity contribution in [3.05, 3.63) is 119 Å². The molecule has 290 valence electrons. The molecule has 6 rings (SSSR count). The molecule has 2 aliphatic carbocycles. The Kier molecular flexibility index (Phi) is 13.6. The maximum Gasteiger partial charge on any atom is 0.329 e. The van der Waals surface area contributed by atoms with E-state index in [0.717, 1.165) is 37.7 Å². The second-order valence-corrected chi connectivity index (χ2v) is 14.8. The number of hydrogen-bond acceptors (Lipinski definition) is 8. The number of esters is 2. The number of methoxy groups -OCH3 is 3. The summed E-state index contributed by atoms with van der Waals surface area (Å²) in [5.41, 5.74) is 6.41. The quantitative estimate of drug-likeness (QED) is 0.0906. The second kappa shape index (κ2) is 18.9. The van der Waals surface area contributed by atoms with Crippen LogP contribution in [0.1, 0.15) is 73.6 Å². The zero-order chi connectivity index (χ0) is 38.7. The molecular weight excluding hydrogens is 695 g/mol. The first-order chi connectivity index (χ1) is 26.8. The third kappa shape index (κ3) is 9.75. The summed E-state index contributed by atoms with van der Waals surface area (Å²) in [5.74, 6) is 0.0320. The van der Waals surface area contributed by atoms with E-state index in [1.807, 2.05) is 61.5 Å². The molecule has 1 saturated carbocycles. The first kappa shape index (κ1) is 39.5. The zero-order valence-corrected chi connectivity index (χ0v) is 32.3. The SMILES string of the molecule is COc1ccc(COC(=O)[C@H](Cc2ccccc2)NC(=O)[C@H](C)[C@@H](OC)[C@@H]2CCCC(CC(=O)OCC3c4ccccc4-c4ccccc43)CC2)c(OC)c1. The van der Waals surface area contributed by atoms with Gasteiger partial charge in [-0.1, -0.05) is 92.2 Å². The Balaban J connectivity index is 1.03. The molecular formula is C46H53NO8. The van der Waals surface area contributed by atoms with Gasteiger partial charge >= 0.3 is 11.9 Å². The monoisotopic (exact) mass is 747 g/mol. The van der Waals surface area contributed by atoms with E-state index < -0.39 is 17.9 Å². The topological polar surface area (TPSA) is 109 Å². The van der Waals surface area contributed by atoms with Crippen molar-refractivity contribution in [1.82, 2.24) is 5.32 Å². The summed E-state index contributed by atoms with van der Waals surface area (Å²) in [7, 11) is 4.76. The molecule has 1 fully saturated rings. The van der Waals surface area contributed by atoms with Crippen LogP contribution in [0.3, 0.4) is 0 Å². The van der Waals surface area contributed by atoms with Crippen LogP contribution in [0.15, 0.2) is 97.1 Å². The number of hydrogen-bond donors (Lipinski definition) is 1. The van der Waals surface area contributed by atoms with Crippen LogP contribution in [0, 0.1) is 17.8 Å². The van der Waals surface area contributed by atoms with E-state index >= 15 is 0 Å². The highest BCUT2D eigenvalue weighted by molar-refractivity contribution is 5.86. The predicted octanol–water partition coefficient (Wildman–Crippen LogP) is 8.07. The van der Waals surface area contributed by atoms with Gasteiger partial charge in [-0.2, -0.15) is 0 Å². The fourth-order valence-corrected chi connectivity index (χ4v) is 8.37. The molecule has 0 spiro atoms. The Morgan fingerprint density at radius 3 is 2.13 bits per heavy atom. The lowest BCUT2D eigenvalue weighted by Crippen LogP contribution is -2.48. The van der Waals surface area contributed by atoms with Crippen LogP contribution < -0.4 is 14.8 Å². The van der Waals surface area contributed by atoms with E-state index in [2.05, 4.69) is 29.6 Å². The molecule has 9 nitrogen and oxygen atoms in total. The molecule has 1 unspecified atom stereocenters. The number of benzene rings is 4. The molecule has 5 atom stereocenters. The number of rotatable bonds is 16. The molecule has 0 radical (unpaired) electrons. The van der Waals surface area contributed by atoms with E-state index in [4.69, 9.17) is 23.7 Å². The van der Waals surface area contributed by atoms with Crippen molar-refractivity contribution in [3.63, 3.8) is 0 Å². The highest BCUT2D eigenvalue weighted by Gasteiger charge is 2.36. The van der Waals surface area contributed by atoms with Crippen LogP contribution in [0.4, 0.5) is 0 Å². The van der Waals surface area contributed by atoms with Gasteiger partial charge in [-0.15, -0.1) is 0 Å². The van der Waals surface area contributed by atoms with Gasteiger partial charge in [0.2, 0.25) is 5.91 Å². The normalized spacial score (nSPS) is 18.1. The molecule has 4 aromatic rings. The Labute approximate surface area is 324 Å². The van der Waals surface area contributed by atoms with Gasteiger partial charge in [-0.25, -0.2) is 4.79 Å². The van der Waals surface area contributed by atoms with Crippen LogP contribution in [0.2, 0.25) is 0 Å². The molecule has 55 heavy (non-hydrogen) atoms. The van der Waals surface area contributed by atoms with Crippen molar-refractivity contribution >= 4 is 17.8 Å². The molecule has 0 heterocycles. The zero-order valence-electron chi connectivity index (χ0n) is 32.3. The van der Waals surface area contributed by atoms with Crippen molar-refractivity contribution in [2.75, 3.05) is 27.9 Å². The average Bonchev–Trinajstić information content (AvgIpc) is 3.36. The van der Waals surface area contributed by atoms with Crippen LogP contribution in [-0.2, 0) is 41.6 Å². The summed E-state index contributed by atoms with van der Waals surface area (Å²) in [6, 6.07) is 30.7. The van der Waals surface area contributed by atoms with E-state index in [9.17, 15) is 14.4 Å². The molecule has 0 aromatic heterocycles. The van der Waals surface area contributed by atoms with E-state index in [0.29, 0.717) is 30.1 Å². The van der Waals surface area contributed by atoms with Crippen LogP contribution in [0.5, 0.6) is 11.5 Å². The second-order valence-electron chi connectivity index (χ2n) is 14.8. The van der Waals surface area contributed by atoms with Crippen molar-refractivity contribution in [2.24, 2.45) is 17.8 Å². The molecule has 0 bridgehead atoms. The Morgan fingerprint density at radius 1 is 0.764 bits per heavy atom. The van der Waals surface area contributed by atoms with Crippen LogP contribution in [0.25, 0.3) is 11.1 Å². The molecule has 9 heteroatoms. The van der Waals surface area contributed by atoms with Gasteiger partial charge in [0.25, 0.3) is 0 Å². The molecule has 2 aliphatic rings.